The Hall–Kier alpha value is -1.62. The van der Waals surface area contributed by atoms with E-state index in [-0.39, 0.29) is 0 Å². The third-order valence-electron chi connectivity index (χ3n) is 2.92. The van der Waals surface area contributed by atoms with Crippen LogP contribution < -0.4 is 0 Å². The van der Waals surface area contributed by atoms with Gasteiger partial charge in [0.1, 0.15) is 11.9 Å². The number of aliphatic hydroxyl groups is 1. The number of nitrogens with zero attached hydrogens (tertiary/aromatic N) is 4. The molecule has 0 saturated heterocycles. The molecule has 2 aromatic rings. The first-order valence-corrected chi connectivity index (χ1v) is 6.36. The fourth-order valence-electron chi connectivity index (χ4n) is 1.92. The molecule has 0 bridgehead atoms. The lowest BCUT2D eigenvalue weighted by atomic mass is 10.2. The zero-order valence-corrected chi connectivity index (χ0v) is 11.1. The molecular weight excluding hydrogens is 228 g/mol. The smallest absolute Gasteiger partial charge is 0.142 e. The zero-order chi connectivity index (χ0) is 13.1. The fourth-order valence-corrected chi connectivity index (χ4v) is 1.92. The second-order valence-corrected chi connectivity index (χ2v) is 4.73. The van der Waals surface area contributed by atoms with Gasteiger partial charge in [-0.2, -0.15) is 5.10 Å². The highest BCUT2D eigenvalue weighted by Gasteiger charge is 2.18. The summed E-state index contributed by atoms with van der Waals surface area (Å²) in [6.45, 7) is 7.08. The first-order chi connectivity index (χ1) is 8.63. The molecule has 0 aromatic carbocycles. The molecular formula is C13H20N4O. The van der Waals surface area contributed by atoms with Crippen LogP contribution in [-0.4, -0.2) is 24.4 Å². The van der Waals surface area contributed by atoms with Gasteiger partial charge >= 0.3 is 0 Å². The Balaban J connectivity index is 2.23. The maximum atomic E-state index is 10.3. The van der Waals surface area contributed by atoms with Crippen LogP contribution in [0.25, 0.3) is 0 Å². The summed E-state index contributed by atoms with van der Waals surface area (Å²) in [4.78, 5) is 4.24. The molecule has 0 saturated carbocycles. The van der Waals surface area contributed by atoms with Gasteiger partial charge in [-0.1, -0.05) is 6.92 Å². The Kier molecular flexibility index (Phi) is 3.81. The molecule has 0 radical (unpaired) electrons. The summed E-state index contributed by atoms with van der Waals surface area (Å²) in [6, 6.07) is 0.293. The van der Waals surface area contributed by atoms with Crippen molar-refractivity contribution in [2.45, 2.75) is 45.9 Å². The van der Waals surface area contributed by atoms with Crippen molar-refractivity contribution in [3.8, 4) is 0 Å². The number of aryl methyl sites for hydroxylation is 1. The quantitative estimate of drug-likeness (QED) is 0.882. The molecule has 1 unspecified atom stereocenters. The van der Waals surface area contributed by atoms with Gasteiger partial charge in [-0.3, -0.25) is 4.68 Å². The van der Waals surface area contributed by atoms with E-state index >= 15 is 0 Å². The number of aromatic nitrogens is 4. The maximum absolute atomic E-state index is 10.3. The van der Waals surface area contributed by atoms with Gasteiger partial charge in [-0.05, 0) is 20.3 Å². The number of rotatable bonds is 5. The molecule has 2 rings (SSSR count). The second-order valence-electron chi connectivity index (χ2n) is 4.73. The van der Waals surface area contributed by atoms with Crippen molar-refractivity contribution >= 4 is 0 Å². The van der Waals surface area contributed by atoms with Crippen LogP contribution in [0.3, 0.4) is 0 Å². The van der Waals surface area contributed by atoms with Crippen LogP contribution in [-0.2, 0) is 6.54 Å². The molecule has 18 heavy (non-hydrogen) atoms. The normalized spacial score (nSPS) is 13.2. The Bertz CT molecular complexity index is 501. The molecule has 1 N–H and O–H groups in total. The summed E-state index contributed by atoms with van der Waals surface area (Å²) in [5, 5.41) is 14.6. The first-order valence-electron chi connectivity index (χ1n) is 6.36. The summed E-state index contributed by atoms with van der Waals surface area (Å²) in [7, 11) is 0. The minimum atomic E-state index is -0.709. The summed E-state index contributed by atoms with van der Waals surface area (Å²) in [5.41, 5.74) is 0.784. The Labute approximate surface area is 107 Å². The summed E-state index contributed by atoms with van der Waals surface area (Å²) in [6.07, 6.45) is 7.51. The van der Waals surface area contributed by atoms with Crippen LogP contribution in [0.15, 0.2) is 24.8 Å². The summed E-state index contributed by atoms with van der Waals surface area (Å²) < 4.78 is 3.82. The maximum Gasteiger partial charge on any atom is 0.142 e. The van der Waals surface area contributed by atoms with E-state index in [1.54, 1.807) is 12.4 Å². The lowest BCUT2D eigenvalue weighted by Gasteiger charge is -2.11. The molecule has 0 aliphatic rings. The topological polar surface area (TPSA) is 55.9 Å². The average Bonchev–Trinajstić information content (AvgIpc) is 2.97. The van der Waals surface area contributed by atoms with E-state index in [0.29, 0.717) is 11.9 Å². The summed E-state index contributed by atoms with van der Waals surface area (Å²) in [5.74, 6) is 0.681. The summed E-state index contributed by atoms with van der Waals surface area (Å²) >= 11 is 0. The SMILES string of the molecule is CCCn1ccnc1C(O)c1cnn(C(C)C)c1. The van der Waals surface area contributed by atoms with Crippen molar-refractivity contribution in [2.24, 2.45) is 0 Å². The molecule has 5 heteroatoms. The molecule has 98 valence electrons. The monoisotopic (exact) mass is 248 g/mol. The molecule has 0 amide bonds. The lowest BCUT2D eigenvalue weighted by Crippen LogP contribution is -2.09. The number of hydrogen-bond donors (Lipinski definition) is 1. The minimum absolute atomic E-state index is 0.293. The van der Waals surface area contributed by atoms with Crippen molar-refractivity contribution in [1.29, 1.82) is 0 Å². The Morgan fingerprint density at radius 3 is 2.78 bits per heavy atom. The van der Waals surface area contributed by atoms with Crippen LogP contribution in [0.4, 0.5) is 0 Å². The largest absolute Gasteiger partial charge is 0.380 e. The van der Waals surface area contributed by atoms with Crippen molar-refractivity contribution in [2.75, 3.05) is 0 Å². The van der Waals surface area contributed by atoms with Gasteiger partial charge < -0.3 is 9.67 Å². The van der Waals surface area contributed by atoms with Crippen molar-refractivity contribution < 1.29 is 5.11 Å². The third kappa shape index (κ3) is 2.46. The number of aliphatic hydroxyl groups excluding tert-OH is 1. The number of imidazole rings is 1. The van der Waals surface area contributed by atoms with Gasteiger partial charge in [0.25, 0.3) is 0 Å². The van der Waals surface area contributed by atoms with Crippen molar-refractivity contribution in [3.05, 3.63) is 36.2 Å². The highest BCUT2D eigenvalue weighted by atomic mass is 16.3. The van der Waals surface area contributed by atoms with Crippen LogP contribution in [0.2, 0.25) is 0 Å². The third-order valence-corrected chi connectivity index (χ3v) is 2.92. The Morgan fingerprint density at radius 2 is 2.17 bits per heavy atom. The van der Waals surface area contributed by atoms with Gasteiger partial charge in [-0.25, -0.2) is 4.98 Å². The molecule has 1 atom stereocenters. The van der Waals surface area contributed by atoms with E-state index < -0.39 is 6.10 Å². The molecule has 0 aliphatic heterocycles. The predicted molar refractivity (Wildman–Crippen MR) is 69.2 cm³/mol. The standard InChI is InChI=1S/C13H20N4O/c1-4-6-16-7-5-14-13(16)12(18)11-8-15-17(9-11)10(2)3/h5,7-10,12,18H,4,6H2,1-3H3. The Morgan fingerprint density at radius 1 is 1.39 bits per heavy atom. The molecule has 2 heterocycles. The van der Waals surface area contributed by atoms with Crippen LogP contribution in [0, 0.1) is 0 Å². The molecule has 0 spiro atoms. The lowest BCUT2D eigenvalue weighted by molar-refractivity contribution is 0.204. The van der Waals surface area contributed by atoms with Gasteiger partial charge in [0.2, 0.25) is 0 Å². The van der Waals surface area contributed by atoms with E-state index in [9.17, 15) is 5.11 Å². The highest BCUT2D eigenvalue weighted by Crippen LogP contribution is 2.21. The van der Waals surface area contributed by atoms with Crippen molar-refractivity contribution in [3.63, 3.8) is 0 Å². The highest BCUT2D eigenvalue weighted by molar-refractivity contribution is 5.17. The molecule has 5 nitrogen and oxygen atoms in total. The van der Waals surface area contributed by atoms with Gasteiger partial charge in [0, 0.05) is 36.7 Å². The van der Waals surface area contributed by atoms with Crippen LogP contribution in [0.1, 0.15) is 50.7 Å². The van der Waals surface area contributed by atoms with E-state index in [1.165, 1.54) is 0 Å². The zero-order valence-electron chi connectivity index (χ0n) is 11.1. The average molecular weight is 248 g/mol. The van der Waals surface area contributed by atoms with E-state index in [2.05, 4.69) is 30.9 Å². The number of hydrogen-bond acceptors (Lipinski definition) is 3. The molecule has 0 aliphatic carbocycles. The van der Waals surface area contributed by atoms with Gasteiger partial charge in [0.05, 0.1) is 6.20 Å². The van der Waals surface area contributed by atoms with Crippen LogP contribution in [0.5, 0.6) is 0 Å². The van der Waals surface area contributed by atoms with Gasteiger partial charge in [-0.15, -0.1) is 0 Å². The van der Waals surface area contributed by atoms with E-state index in [1.807, 2.05) is 21.6 Å². The van der Waals surface area contributed by atoms with Crippen LogP contribution >= 0.6 is 0 Å². The predicted octanol–water partition coefficient (Wildman–Crippen LogP) is 2.15. The molecule has 2 aromatic heterocycles. The van der Waals surface area contributed by atoms with E-state index in [0.717, 1.165) is 18.5 Å². The van der Waals surface area contributed by atoms with Gasteiger partial charge in [0.15, 0.2) is 0 Å². The minimum Gasteiger partial charge on any atom is -0.380 e. The first kappa shape index (κ1) is 12.8. The fraction of sp³-hybridized carbons (Fsp3) is 0.538. The second kappa shape index (κ2) is 5.35. The molecule has 0 fully saturated rings. The van der Waals surface area contributed by atoms with Crippen molar-refractivity contribution in [1.82, 2.24) is 19.3 Å². The van der Waals surface area contributed by atoms with E-state index in [4.69, 9.17) is 0 Å².